The molecule has 0 fully saturated rings. The number of hydrogen-bond acceptors (Lipinski definition) is 4. The fourth-order valence-electron chi connectivity index (χ4n) is 3.43. The largest absolute Gasteiger partial charge is 0.495 e. The van der Waals surface area contributed by atoms with Crippen LogP contribution in [0.3, 0.4) is 0 Å². The number of aryl methyl sites for hydroxylation is 1. The first-order chi connectivity index (χ1) is 16.0. The first-order valence-electron chi connectivity index (χ1n) is 10.5. The van der Waals surface area contributed by atoms with E-state index in [-0.39, 0.29) is 18.4 Å². The fourth-order valence-corrected chi connectivity index (χ4v) is 3.43. The number of hydrogen-bond donors (Lipinski definition) is 2. The monoisotopic (exact) mass is 440 g/mol. The van der Waals surface area contributed by atoms with Crippen molar-refractivity contribution in [1.82, 2.24) is 0 Å². The third-order valence-corrected chi connectivity index (χ3v) is 5.14. The molecule has 0 aliphatic rings. The number of amides is 2. The van der Waals surface area contributed by atoms with Gasteiger partial charge in [0.15, 0.2) is 6.61 Å². The highest BCUT2D eigenvalue weighted by Crippen LogP contribution is 2.29. The highest BCUT2D eigenvalue weighted by atomic mass is 16.5. The Morgan fingerprint density at radius 3 is 2.18 bits per heavy atom. The van der Waals surface area contributed by atoms with Crippen molar-refractivity contribution in [2.45, 2.75) is 6.92 Å². The zero-order chi connectivity index (χ0) is 23.2. The van der Waals surface area contributed by atoms with Crippen LogP contribution in [0.5, 0.6) is 11.5 Å². The lowest BCUT2D eigenvalue weighted by atomic mass is 10.1. The molecule has 33 heavy (non-hydrogen) atoms. The lowest BCUT2D eigenvalue weighted by Gasteiger charge is -2.15. The molecule has 2 N–H and O–H groups in total. The number of anilines is 2. The molecule has 0 atom stereocenters. The minimum atomic E-state index is -0.362. The molecule has 0 saturated carbocycles. The first kappa shape index (κ1) is 21.9. The first-order valence-corrected chi connectivity index (χ1v) is 10.5. The van der Waals surface area contributed by atoms with Gasteiger partial charge in [0.05, 0.1) is 18.4 Å². The van der Waals surface area contributed by atoms with Gasteiger partial charge in [0.1, 0.15) is 11.5 Å². The summed E-state index contributed by atoms with van der Waals surface area (Å²) in [7, 11) is 1.54. The Balaban J connectivity index is 1.57. The van der Waals surface area contributed by atoms with E-state index in [0.717, 1.165) is 16.3 Å². The van der Waals surface area contributed by atoms with E-state index in [1.807, 2.05) is 67.6 Å². The van der Waals surface area contributed by atoms with E-state index in [4.69, 9.17) is 9.47 Å². The molecule has 0 spiro atoms. The van der Waals surface area contributed by atoms with Gasteiger partial charge in [0.25, 0.3) is 11.8 Å². The third-order valence-electron chi connectivity index (χ3n) is 5.14. The number of ether oxygens (including phenoxy) is 2. The summed E-state index contributed by atoms with van der Waals surface area (Å²) < 4.78 is 11.1. The van der Waals surface area contributed by atoms with Crippen molar-refractivity contribution in [2.75, 3.05) is 24.4 Å². The van der Waals surface area contributed by atoms with Crippen LogP contribution >= 0.6 is 0 Å². The summed E-state index contributed by atoms with van der Waals surface area (Å²) >= 11 is 0. The van der Waals surface area contributed by atoms with Crippen LogP contribution in [0.1, 0.15) is 15.9 Å². The number of benzene rings is 4. The lowest BCUT2D eigenvalue weighted by Crippen LogP contribution is -2.21. The van der Waals surface area contributed by atoms with Crippen LogP contribution in [0, 0.1) is 6.92 Å². The molecule has 0 aromatic heterocycles. The highest BCUT2D eigenvalue weighted by Gasteiger charge is 2.17. The van der Waals surface area contributed by atoms with Crippen molar-refractivity contribution >= 4 is 34.0 Å². The van der Waals surface area contributed by atoms with Crippen LogP contribution in [0.4, 0.5) is 11.4 Å². The standard InChI is InChI=1S/C27H24N2O4/c1-18-11-13-21(14-12-18)28-26(30)17-33-25-16-20-8-4-3-7-19(20)15-22(25)27(31)29-23-9-5-6-10-24(23)32-2/h3-16H,17H2,1-2H3,(H,28,30)(H,29,31). The Morgan fingerprint density at radius 2 is 1.45 bits per heavy atom. The van der Waals surface area contributed by atoms with Gasteiger partial charge in [0, 0.05) is 5.69 Å². The van der Waals surface area contributed by atoms with E-state index in [2.05, 4.69) is 10.6 Å². The van der Waals surface area contributed by atoms with Crippen molar-refractivity contribution in [3.05, 3.63) is 96.1 Å². The van der Waals surface area contributed by atoms with Gasteiger partial charge in [-0.1, -0.05) is 54.1 Å². The Morgan fingerprint density at radius 1 is 0.788 bits per heavy atom. The van der Waals surface area contributed by atoms with Gasteiger partial charge < -0.3 is 20.1 Å². The van der Waals surface area contributed by atoms with E-state index < -0.39 is 0 Å². The summed E-state index contributed by atoms with van der Waals surface area (Å²) in [6.45, 7) is 1.74. The Labute approximate surface area is 192 Å². The molecule has 0 aliphatic heterocycles. The molecule has 4 aromatic rings. The summed E-state index contributed by atoms with van der Waals surface area (Å²) in [5.74, 6) is 0.189. The van der Waals surface area contributed by atoms with Crippen molar-refractivity contribution in [2.24, 2.45) is 0 Å². The summed E-state index contributed by atoms with van der Waals surface area (Å²) in [6, 6.07) is 25.8. The van der Waals surface area contributed by atoms with Crippen LogP contribution in [-0.2, 0) is 4.79 Å². The van der Waals surface area contributed by atoms with Gasteiger partial charge in [-0.05, 0) is 54.1 Å². The highest BCUT2D eigenvalue weighted by molar-refractivity contribution is 6.09. The van der Waals surface area contributed by atoms with Crippen molar-refractivity contribution in [3.8, 4) is 11.5 Å². The average Bonchev–Trinajstić information content (AvgIpc) is 2.84. The van der Waals surface area contributed by atoms with Gasteiger partial charge in [-0.3, -0.25) is 9.59 Å². The van der Waals surface area contributed by atoms with Gasteiger partial charge in [-0.25, -0.2) is 0 Å². The Bertz CT molecular complexity index is 1300. The number of nitrogens with one attached hydrogen (secondary N) is 2. The van der Waals surface area contributed by atoms with Gasteiger partial charge in [-0.2, -0.15) is 0 Å². The molecule has 0 unspecified atom stereocenters. The van der Waals surface area contributed by atoms with Crippen LogP contribution < -0.4 is 20.1 Å². The Kier molecular flexibility index (Phi) is 6.55. The van der Waals surface area contributed by atoms with Crippen LogP contribution in [0.2, 0.25) is 0 Å². The molecule has 0 saturated heterocycles. The Hall–Kier alpha value is -4.32. The molecule has 6 heteroatoms. The zero-order valence-corrected chi connectivity index (χ0v) is 18.4. The SMILES string of the molecule is COc1ccccc1NC(=O)c1cc2ccccc2cc1OCC(=O)Nc1ccc(C)cc1. The number of para-hydroxylation sites is 2. The molecule has 0 heterocycles. The molecule has 6 nitrogen and oxygen atoms in total. The smallest absolute Gasteiger partial charge is 0.262 e. The molecule has 166 valence electrons. The molecule has 0 bridgehead atoms. The average molecular weight is 440 g/mol. The molecule has 0 aliphatic carbocycles. The second-order valence-corrected chi connectivity index (χ2v) is 7.55. The van der Waals surface area contributed by atoms with E-state index in [0.29, 0.717) is 28.4 Å². The number of methoxy groups -OCH3 is 1. The number of carbonyl (C=O) groups is 2. The topological polar surface area (TPSA) is 76.7 Å². The van der Waals surface area contributed by atoms with Crippen LogP contribution in [0.15, 0.2) is 84.9 Å². The van der Waals surface area contributed by atoms with Gasteiger partial charge in [-0.15, -0.1) is 0 Å². The van der Waals surface area contributed by atoms with E-state index in [1.54, 1.807) is 31.4 Å². The molecule has 0 radical (unpaired) electrons. The number of carbonyl (C=O) groups excluding carboxylic acids is 2. The lowest BCUT2D eigenvalue weighted by molar-refractivity contribution is -0.118. The van der Waals surface area contributed by atoms with Crippen LogP contribution in [-0.4, -0.2) is 25.5 Å². The van der Waals surface area contributed by atoms with E-state index >= 15 is 0 Å². The summed E-state index contributed by atoms with van der Waals surface area (Å²) in [6.07, 6.45) is 0. The van der Waals surface area contributed by atoms with E-state index in [1.165, 1.54) is 0 Å². The van der Waals surface area contributed by atoms with E-state index in [9.17, 15) is 9.59 Å². The maximum atomic E-state index is 13.2. The normalized spacial score (nSPS) is 10.5. The summed E-state index contributed by atoms with van der Waals surface area (Å²) in [4.78, 5) is 25.6. The number of rotatable bonds is 7. The van der Waals surface area contributed by atoms with Gasteiger partial charge >= 0.3 is 0 Å². The van der Waals surface area contributed by atoms with Gasteiger partial charge in [0.2, 0.25) is 0 Å². The van der Waals surface area contributed by atoms with Crippen molar-refractivity contribution in [3.63, 3.8) is 0 Å². The quantitative estimate of drug-likeness (QED) is 0.402. The fraction of sp³-hybridized carbons (Fsp3) is 0.111. The number of fused-ring (bicyclic) bond motifs is 1. The molecule has 4 rings (SSSR count). The predicted molar refractivity (Wildman–Crippen MR) is 130 cm³/mol. The minimum absolute atomic E-state index is 0.235. The van der Waals surface area contributed by atoms with Crippen molar-refractivity contribution in [1.29, 1.82) is 0 Å². The summed E-state index contributed by atoms with van der Waals surface area (Å²) in [5.41, 5.74) is 2.65. The van der Waals surface area contributed by atoms with Crippen molar-refractivity contribution < 1.29 is 19.1 Å². The second kappa shape index (κ2) is 9.87. The second-order valence-electron chi connectivity index (χ2n) is 7.55. The molecular weight excluding hydrogens is 416 g/mol. The summed E-state index contributed by atoms with van der Waals surface area (Å²) in [5, 5.41) is 7.46. The third kappa shape index (κ3) is 5.30. The zero-order valence-electron chi connectivity index (χ0n) is 18.4. The molecule has 2 amide bonds. The predicted octanol–water partition coefficient (Wildman–Crippen LogP) is 5.43. The molecule has 4 aromatic carbocycles. The maximum Gasteiger partial charge on any atom is 0.262 e. The maximum absolute atomic E-state index is 13.2. The van der Waals surface area contributed by atoms with Crippen LogP contribution in [0.25, 0.3) is 10.8 Å². The molecular formula is C27H24N2O4. The minimum Gasteiger partial charge on any atom is -0.495 e.